The van der Waals surface area contributed by atoms with Gasteiger partial charge in [-0.15, -0.1) is 0 Å². The van der Waals surface area contributed by atoms with Crippen LogP contribution < -0.4 is 5.32 Å². The van der Waals surface area contributed by atoms with Crippen molar-refractivity contribution in [3.05, 3.63) is 65.2 Å². The molecule has 0 aromatic heterocycles. The number of para-hydroxylation sites is 1. The Labute approximate surface area is 198 Å². The van der Waals surface area contributed by atoms with Crippen LogP contribution in [0.2, 0.25) is 0 Å². The molecule has 0 aliphatic carbocycles. The first kappa shape index (κ1) is 25.7. The van der Waals surface area contributed by atoms with Gasteiger partial charge in [0.25, 0.3) is 0 Å². The molecule has 2 aromatic carbocycles. The first-order chi connectivity index (χ1) is 16.0. The minimum Gasteiger partial charge on any atom is -0.335 e. The minimum absolute atomic E-state index is 0.244. The number of nitrogens with zero attached hydrogens (tertiary/aromatic N) is 3. The van der Waals surface area contributed by atoms with Crippen LogP contribution in [0.25, 0.3) is 0 Å². The molecule has 1 saturated heterocycles. The monoisotopic (exact) mass is 476 g/mol. The number of benzene rings is 2. The van der Waals surface area contributed by atoms with Gasteiger partial charge in [0.15, 0.2) is 0 Å². The van der Waals surface area contributed by atoms with Crippen molar-refractivity contribution in [2.24, 2.45) is 0 Å². The highest BCUT2D eigenvalue weighted by Crippen LogP contribution is 2.34. The van der Waals surface area contributed by atoms with Crippen LogP contribution in [0.1, 0.15) is 23.6 Å². The molecule has 34 heavy (non-hydrogen) atoms. The SMILES string of the molecule is Cc1cccc(CN2CCN([C@H](C)C(=O)N(C)CC(=O)Nc3ccccc3C(F)(F)F)CC2)c1. The van der Waals surface area contributed by atoms with E-state index in [1.54, 1.807) is 6.92 Å². The van der Waals surface area contributed by atoms with E-state index in [0.717, 1.165) is 38.8 Å². The first-order valence-electron chi connectivity index (χ1n) is 11.3. The summed E-state index contributed by atoms with van der Waals surface area (Å²) in [6, 6.07) is 12.8. The third-order valence-electron chi connectivity index (χ3n) is 6.06. The number of nitrogens with one attached hydrogen (secondary N) is 1. The molecular formula is C25H31F3N4O2. The molecule has 184 valence electrons. The standard InChI is InChI=1S/C25H31F3N4O2/c1-18-7-6-8-20(15-18)16-31-11-13-32(14-12-31)19(2)24(34)30(3)17-23(33)29-22-10-5-4-9-21(22)25(26,27)28/h4-10,15,19H,11-14,16-17H2,1-3H3,(H,29,33)/t19-/m1/s1. The Balaban J connectivity index is 1.49. The van der Waals surface area contributed by atoms with Gasteiger partial charge in [0.1, 0.15) is 0 Å². The molecule has 2 amide bonds. The average molecular weight is 477 g/mol. The highest BCUT2D eigenvalue weighted by atomic mass is 19.4. The summed E-state index contributed by atoms with van der Waals surface area (Å²) >= 11 is 0. The van der Waals surface area contributed by atoms with Crippen LogP contribution in [0.5, 0.6) is 0 Å². The lowest BCUT2D eigenvalue weighted by Crippen LogP contribution is -2.54. The quantitative estimate of drug-likeness (QED) is 0.664. The summed E-state index contributed by atoms with van der Waals surface area (Å²) in [6.07, 6.45) is -4.58. The van der Waals surface area contributed by atoms with Crippen molar-refractivity contribution in [3.8, 4) is 0 Å². The highest BCUT2D eigenvalue weighted by molar-refractivity contribution is 5.95. The van der Waals surface area contributed by atoms with Crippen molar-refractivity contribution < 1.29 is 22.8 Å². The van der Waals surface area contributed by atoms with E-state index in [-0.39, 0.29) is 18.1 Å². The van der Waals surface area contributed by atoms with Crippen LogP contribution in [-0.2, 0) is 22.3 Å². The van der Waals surface area contributed by atoms with Crippen LogP contribution >= 0.6 is 0 Å². The van der Waals surface area contributed by atoms with E-state index in [9.17, 15) is 22.8 Å². The number of carbonyl (C=O) groups excluding carboxylic acids is 2. The number of halogens is 3. The largest absolute Gasteiger partial charge is 0.418 e. The summed E-state index contributed by atoms with van der Waals surface area (Å²) in [7, 11) is 1.49. The maximum absolute atomic E-state index is 13.1. The molecule has 1 fully saturated rings. The third kappa shape index (κ3) is 6.80. The maximum Gasteiger partial charge on any atom is 0.418 e. The molecule has 1 atom stereocenters. The zero-order chi connectivity index (χ0) is 24.9. The Morgan fingerprint density at radius 2 is 1.74 bits per heavy atom. The van der Waals surface area contributed by atoms with Crippen molar-refractivity contribution in [2.45, 2.75) is 32.6 Å². The summed E-state index contributed by atoms with van der Waals surface area (Å²) in [5.74, 6) is -0.922. The second kappa shape index (κ2) is 11.0. The number of carbonyl (C=O) groups is 2. The number of rotatable bonds is 7. The molecule has 1 N–H and O–H groups in total. The zero-order valence-electron chi connectivity index (χ0n) is 19.7. The molecule has 0 spiro atoms. The number of piperazine rings is 1. The van der Waals surface area contributed by atoms with Crippen molar-refractivity contribution in [3.63, 3.8) is 0 Å². The number of likely N-dealkylation sites (N-methyl/N-ethyl adjacent to an activating group) is 1. The zero-order valence-corrected chi connectivity index (χ0v) is 19.7. The summed E-state index contributed by atoms with van der Waals surface area (Å²) < 4.78 is 39.4. The Morgan fingerprint density at radius 1 is 1.06 bits per heavy atom. The molecule has 1 aliphatic rings. The fourth-order valence-corrected chi connectivity index (χ4v) is 4.17. The van der Waals surface area contributed by atoms with E-state index >= 15 is 0 Å². The van der Waals surface area contributed by atoms with Crippen LogP contribution in [0.4, 0.5) is 18.9 Å². The number of aryl methyl sites for hydroxylation is 1. The van der Waals surface area contributed by atoms with Gasteiger partial charge in [-0.3, -0.25) is 19.4 Å². The van der Waals surface area contributed by atoms with Crippen LogP contribution in [0.3, 0.4) is 0 Å². The summed E-state index contributed by atoms with van der Waals surface area (Å²) in [4.78, 5) is 30.9. The molecule has 0 bridgehead atoms. The smallest absolute Gasteiger partial charge is 0.335 e. The van der Waals surface area contributed by atoms with Gasteiger partial charge < -0.3 is 10.2 Å². The second-order valence-electron chi connectivity index (χ2n) is 8.76. The Morgan fingerprint density at radius 3 is 2.38 bits per heavy atom. The normalized spacial score (nSPS) is 16.2. The summed E-state index contributed by atoms with van der Waals surface area (Å²) in [5.41, 5.74) is 1.24. The molecular weight excluding hydrogens is 445 g/mol. The highest BCUT2D eigenvalue weighted by Gasteiger charge is 2.34. The molecule has 9 heteroatoms. The predicted octanol–water partition coefficient (Wildman–Crippen LogP) is 3.62. The Kier molecular flexibility index (Phi) is 8.33. The third-order valence-corrected chi connectivity index (χ3v) is 6.06. The van der Waals surface area contributed by atoms with Gasteiger partial charge in [-0.2, -0.15) is 13.2 Å². The van der Waals surface area contributed by atoms with Gasteiger partial charge in [0.05, 0.1) is 23.8 Å². The minimum atomic E-state index is -4.58. The Bertz CT molecular complexity index is 1000. The lowest BCUT2D eigenvalue weighted by molar-refractivity contribution is -0.139. The van der Waals surface area contributed by atoms with Crippen molar-refractivity contribution in [2.75, 3.05) is 45.1 Å². The summed E-state index contributed by atoms with van der Waals surface area (Å²) in [5, 5.41) is 2.28. The van der Waals surface area contributed by atoms with Gasteiger partial charge in [-0.05, 0) is 31.5 Å². The molecule has 0 radical (unpaired) electrons. The van der Waals surface area contributed by atoms with Crippen molar-refractivity contribution in [1.29, 1.82) is 0 Å². The predicted molar refractivity (Wildman–Crippen MR) is 125 cm³/mol. The molecule has 1 heterocycles. The van der Waals surface area contributed by atoms with E-state index < -0.39 is 23.7 Å². The van der Waals surface area contributed by atoms with Gasteiger partial charge >= 0.3 is 6.18 Å². The number of hydrogen-bond acceptors (Lipinski definition) is 4. The second-order valence-corrected chi connectivity index (χ2v) is 8.76. The maximum atomic E-state index is 13.1. The molecule has 0 unspecified atom stereocenters. The molecule has 1 aliphatic heterocycles. The van der Waals surface area contributed by atoms with Crippen LogP contribution in [0, 0.1) is 6.92 Å². The van der Waals surface area contributed by atoms with Crippen LogP contribution in [0.15, 0.2) is 48.5 Å². The number of anilines is 1. The number of alkyl halides is 3. The van der Waals surface area contributed by atoms with E-state index in [0.29, 0.717) is 0 Å². The van der Waals surface area contributed by atoms with E-state index in [2.05, 4.69) is 46.3 Å². The van der Waals surface area contributed by atoms with Gasteiger partial charge in [-0.25, -0.2) is 0 Å². The van der Waals surface area contributed by atoms with Crippen LogP contribution in [-0.4, -0.2) is 72.3 Å². The Hall–Kier alpha value is -2.91. The van der Waals surface area contributed by atoms with Crippen molar-refractivity contribution >= 4 is 17.5 Å². The molecule has 0 saturated carbocycles. The summed E-state index contributed by atoms with van der Waals surface area (Å²) in [6.45, 7) is 7.48. The fraction of sp³-hybridized carbons (Fsp3) is 0.440. The van der Waals surface area contributed by atoms with Gasteiger partial charge in [0, 0.05) is 39.8 Å². The average Bonchev–Trinajstić information content (AvgIpc) is 2.78. The van der Waals surface area contributed by atoms with Gasteiger partial charge in [0.2, 0.25) is 11.8 Å². The molecule has 3 rings (SSSR count). The van der Waals surface area contributed by atoms with Gasteiger partial charge in [-0.1, -0.05) is 42.0 Å². The number of hydrogen-bond donors (Lipinski definition) is 1. The first-order valence-corrected chi connectivity index (χ1v) is 11.3. The molecule has 6 nitrogen and oxygen atoms in total. The molecule has 2 aromatic rings. The van der Waals surface area contributed by atoms with E-state index in [4.69, 9.17) is 0 Å². The number of amides is 2. The lowest BCUT2D eigenvalue weighted by Gasteiger charge is -2.38. The van der Waals surface area contributed by atoms with E-state index in [1.165, 1.54) is 41.3 Å². The van der Waals surface area contributed by atoms with Crippen molar-refractivity contribution in [1.82, 2.24) is 14.7 Å². The topological polar surface area (TPSA) is 55.9 Å². The fourth-order valence-electron chi connectivity index (χ4n) is 4.17. The lowest BCUT2D eigenvalue weighted by atomic mass is 10.1. The van der Waals surface area contributed by atoms with E-state index in [1.807, 2.05) is 0 Å².